The fourth-order valence-electron chi connectivity index (χ4n) is 3.58. The Labute approximate surface area is 213 Å². The molecule has 0 saturated heterocycles. The van der Waals surface area contributed by atoms with Gasteiger partial charge in [0, 0.05) is 5.69 Å². The van der Waals surface area contributed by atoms with Gasteiger partial charge in [-0.1, -0.05) is 49.0 Å². The largest absolute Gasteiger partial charge is 0.497 e. The number of rotatable bonds is 10. The Balaban J connectivity index is 1.60. The number of nitrogens with one attached hydrogen (secondary N) is 1. The molecule has 0 fully saturated rings. The van der Waals surface area contributed by atoms with Crippen LogP contribution in [0.15, 0.2) is 84.0 Å². The average molecular weight is 507 g/mol. The van der Waals surface area contributed by atoms with E-state index < -0.39 is 17.2 Å². The normalized spacial score (nSPS) is 12.6. The summed E-state index contributed by atoms with van der Waals surface area (Å²) in [6, 6.07) is 23.1. The van der Waals surface area contributed by atoms with Crippen LogP contribution in [0.5, 0.6) is 11.5 Å². The number of hydrogen-bond acceptors (Lipinski definition) is 6. The Bertz CT molecular complexity index is 1300. The van der Waals surface area contributed by atoms with Gasteiger partial charge >= 0.3 is 0 Å². The van der Waals surface area contributed by atoms with Crippen molar-refractivity contribution in [3.63, 3.8) is 0 Å². The first-order valence-electron chi connectivity index (χ1n) is 11.5. The van der Waals surface area contributed by atoms with Gasteiger partial charge in [-0.25, -0.2) is 4.39 Å². The van der Waals surface area contributed by atoms with Crippen molar-refractivity contribution in [3.05, 3.63) is 90.5 Å². The molecule has 2 unspecified atom stereocenters. The van der Waals surface area contributed by atoms with E-state index in [0.717, 1.165) is 11.4 Å². The molecule has 0 aliphatic carbocycles. The highest BCUT2D eigenvalue weighted by Gasteiger charge is 2.26. The van der Waals surface area contributed by atoms with Gasteiger partial charge in [0.1, 0.15) is 17.3 Å². The second kappa shape index (κ2) is 11.7. The van der Waals surface area contributed by atoms with Crippen LogP contribution in [-0.4, -0.2) is 33.0 Å². The van der Waals surface area contributed by atoms with Gasteiger partial charge < -0.3 is 14.8 Å². The third-order valence-electron chi connectivity index (χ3n) is 5.45. The second-order valence-corrected chi connectivity index (χ2v) is 9.10. The van der Waals surface area contributed by atoms with Crippen LogP contribution < -0.4 is 14.8 Å². The molecule has 4 aromatic rings. The van der Waals surface area contributed by atoms with Crippen LogP contribution in [0.1, 0.15) is 32.2 Å². The van der Waals surface area contributed by atoms with Crippen molar-refractivity contribution < 1.29 is 18.7 Å². The molecule has 1 N–H and O–H groups in total. The molecule has 3 aromatic carbocycles. The van der Waals surface area contributed by atoms with Crippen LogP contribution >= 0.6 is 11.8 Å². The van der Waals surface area contributed by atoms with Crippen molar-refractivity contribution in [2.45, 2.75) is 36.8 Å². The van der Waals surface area contributed by atoms with E-state index in [2.05, 4.69) is 15.5 Å². The lowest BCUT2D eigenvalue weighted by Crippen LogP contribution is -2.25. The van der Waals surface area contributed by atoms with E-state index in [1.807, 2.05) is 73.0 Å². The van der Waals surface area contributed by atoms with Crippen LogP contribution in [0.3, 0.4) is 0 Å². The number of benzene rings is 3. The van der Waals surface area contributed by atoms with E-state index in [1.54, 1.807) is 19.2 Å². The Hall–Kier alpha value is -3.85. The van der Waals surface area contributed by atoms with Gasteiger partial charge in [0.25, 0.3) is 0 Å². The minimum absolute atomic E-state index is 0.147. The number of amides is 1. The number of thioether (sulfide) groups is 1. The zero-order valence-electron chi connectivity index (χ0n) is 20.2. The minimum atomic E-state index is -0.512. The molecule has 1 heterocycles. The molecule has 186 valence electrons. The third-order valence-corrected chi connectivity index (χ3v) is 6.76. The quantitative estimate of drug-likeness (QED) is 0.263. The number of nitrogens with zero attached hydrogens (tertiary/aromatic N) is 3. The summed E-state index contributed by atoms with van der Waals surface area (Å²) >= 11 is 1.28. The Kier molecular flexibility index (Phi) is 8.22. The number of halogens is 1. The van der Waals surface area contributed by atoms with E-state index in [1.165, 1.54) is 23.9 Å². The molecule has 0 aliphatic heterocycles. The monoisotopic (exact) mass is 506 g/mol. The summed E-state index contributed by atoms with van der Waals surface area (Å²) in [6.07, 6.45) is 0.0765. The van der Waals surface area contributed by atoms with Gasteiger partial charge in [0.15, 0.2) is 17.1 Å². The molecule has 0 saturated carbocycles. The Morgan fingerprint density at radius 3 is 2.33 bits per heavy atom. The fraction of sp³-hybridized carbons (Fsp3) is 0.222. The predicted molar refractivity (Wildman–Crippen MR) is 138 cm³/mol. The van der Waals surface area contributed by atoms with Gasteiger partial charge in [0.2, 0.25) is 5.91 Å². The van der Waals surface area contributed by atoms with Gasteiger partial charge in [-0.3, -0.25) is 9.36 Å². The second-order valence-electron chi connectivity index (χ2n) is 7.93. The number of methoxy groups -OCH3 is 1. The van der Waals surface area contributed by atoms with E-state index in [9.17, 15) is 9.18 Å². The summed E-state index contributed by atoms with van der Waals surface area (Å²) in [6.45, 7) is 3.79. The molecule has 7 nitrogen and oxygen atoms in total. The lowest BCUT2D eigenvalue weighted by atomic mass is 10.2. The Morgan fingerprint density at radius 1 is 1.00 bits per heavy atom. The summed E-state index contributed by atoms with van der Waals surface area (Å²) < 4.78 is 27.3. The predicted octanol–water partition coefficient (Wildman–Crippen LogP) is 6.06. The lowest BCUT2D eigenvalue weighted by Gasteiger charge is -2.18. The van der Waals surface area contributed by atoms with E-state index in [-0.39, 0.29) is 11.6 Å². The van der Waals surface area contributed by atoms with Gasteiger partial charge in [-0.2, -0.15) is 0 Å². The molecular weight excluding hydrogens is 479 g/mol. The molecule has 9 heteroatoms. The number of ether oxygens (including phenoxy) is 2. The molecule has 0 radical (unpaired) electrons. The first-order valence-corrected chi connectivity index (χ1v) is 12.4. The SMILES string of the molecule is CCC(Sc1nnc(C(C)Oc2ccc(OC)cc2)n1-c1ccccc1)C(=O)Nc1ccccc1F. The molecule has 0 aliphatic rings. The number of aromatic nitrogens is 3. The van der Waals surface area contributed by atoms with Gasteiger partial charge in [-0.05, 0) is 61.9 Å². The van der Waals surface area contributed by atoms with Crippen molar-refractivity contribution in [3.8, 4) is 17.2 Å². The van der Waals surface area contributed by atoms with Crippen molar-refractivity contribution in [2.75, 3.05) is 12.4 Å². The summed E-state index contributed by atoms with van der Waals surface area (Å²) in [7, 11) is 1.61. The first-order chi connectivity index (χ1) is 17.5. The van der Waals surface area contributed by atoms with E-state index in [0.29, 0.717) is 23.2 Å². The maximum atomic E-state index is 14.1. The summed E-state index contributed by atoms with van der Waals surface area (Å²) in [5.74, 6) is 1.20. The van der Waals surface area contributed by atoms with Crippen LogP contribution in [0.4, 0.5) is 10.1 Å². The standard InChI is InChI=1S/C27H27FN4O3S/c1-4-24(26(33)29-23-13-9-8-12-22(23)28)36-27-31-30-25(32(27)19-10-6-5-7-11-19)18(2)35-21-16-14-20(34-3)15-17-21/h5-18,24H,4H2,1-3H3,(H,29,33). The summed E-state index contributed by atoms with van der Waals surface area (Å²) in [5, 5.41) is 11.5. The molecule has 1 amide bonds. The highest BCUT2D eigenvalue weighted by molar-refractivity contribution is 8.00. The average Bonchev–Trinajstić information content (AvgIpc) is 3.33. The number of carbonyl (C=O) groups excluding carboxylic acids is 1. The van der Waals surface area contributed by atoms with Crippen LogP contribution in [0, 0.1) is 5.82 Å². The van der Waals surface area contributed by atoms with Crippen molar-refractivity contribution in [1.29, 1.82) is 0 Å². The molecule has 0 bridgehead atoms. The highest BCUT2D eigenvalue weighted by atomic mass is 32.2. The maximum Gasteiger partial charge on any atom is 0.238 e. The smallest absolute Gasteiger partial charge is 0.238 e. The van der Waals surface area contributed by atoms with Crippen molar-refractivity contribution in [1.82, 2.24) is 14.8 Å². The molecular formula is C27H27FN4O3S. The molecule has 2 atom stereocenters. The van der Waals surface area contributed by atoms with E-state index >= 15 is 0 Å². The number of hydrogen-bond donors (Lipinski definition) is 1. The first kappa shape index (κ1) is 25.2. The number of carbonyl (C=O) groups is 1. The minimum Gasteiger partial charge on any atom is -0.497 e. The van der Waals surface area contributed by atoms with Crippen LogP contribution in [0.2, 0.25) is 0 Å². The fourth-order valence-corrected chi connectivity index (χ4v) is 4.56. The highest BCUT2D eigenvalue weighted by Crippen LogP contribution is 2.32. The van der Waals surface area contributed by atoms with Gasteiger partial charge in [-0.15, -0.1) is 10.2 Å². The van der Waals surface area contributed by atoms with Crippen molar-refractivity contribution in [2.24, 2.45) is 0 Å². The molecule has 0 spiro atoms. The summed E-state index contributed by atoms with van der Waals surface area (Å²) in [5.41, 5.74) is 0.989. The lowest BCUT2D eigenvalue weighted by molar-refractivity contribution is -0.115. The van der Waals surface area contributed by atoms with E-state index in [4.69, 9.17) is 9.47 Å². The zero-order chi connectivity index (χ0) is 25.5. The van der Waals surface area contributed by atoms with Gasteiger partial charge in [0.05, 0.1) is 18.0 Å². The third kappa shape index (κ3) is 5.85. The maximum absolute atomic E-state index is 14.1. The molecule has 4 rings (SSSR count). The Morgan fingerprint density at radius 2 is 1.67 bits per heavy atom. The van der Waals surface area contributed by atoms with Crippen LogP contribution in [0.25, 0.3) is 5.69 Å². The number of para-hydroxylation sites is 2. The summed E-state index contributed by atoms with van der Waals surface area (Å²) in [4.78, 5) is 13.0. The van der Waals surface area contributed by atoms with Crippen molar-refractivity contribution >= 4 is 23.4 Å². The zero-order valence-corrected chi connectivity index (χ0v) is 21.0. The number of anilines is 1. The van der Waals surface area contributed by atoms with Crippen LogP contribution in [-0.2, 0) is 4.79 Å². The topological polar surface area (TPSA) is 78.3 Å². The molecule has 36 heavy (non-hydrogen) atoms. The molecule has 1 aromatic heterocycles.